The molecule has 0 spiro atoms. The van der Waals surface area contributed by atoms with Crippen molar-refractivity contribution in [2.45, 2.75) is 73.3 Å². The van der Waals surface area contributed by atoms with Crippen LogP contribution >= 0.6 is 11.3 Å². The van der Waals surface area contributed by atoms with Crippen molar-refractivity contribution in [3.8, 4) is 6.01 Å². The molecule has 47 heavy (non-hydrogen) atoms. The Bertz CT molecular complexity index is 1880. The number of morpholine rings is 1. The largest absolute Gasteiger partial charge is 0.461 e. The number of aromatic nitrogens is 3. The van der Waals surface area contributed by atoms with Crippen LogP contribution in [-0.4, -0.2) is 108 Å². The quantitative estimate of drug-likeness (QED) is 0.396. The fraction of sp³-hybridized carbons (Fsp3) is 0.581. The normalized spacial score (nSPS) is 30.3. The molecule has 0 radical (unpaired) electrons. The Morgan fingerprint density at radius 2 is 1.94 bits per heavy atom. The SMILES string of the molecule is Nc1nc2c(C3=Cc4nc(OC[C@@]56CCCN5CC(F)C6)nc(N5C6CNCC5COC6)c4S(=O)(=O)N3C3CCC3)ccc(F)c2s1. The average Bonchev–Trinajstić information content (AvgIpc) is 3.67. The van der Waals surface area contributed by atoms with Crippen LogP contribution in [0.5, 0.6) is 6.01 Å². The molecule has 3 unspecified atom stereocenters. The molecule has 2 aromatic heterocycles. The van der Waals surface area contributed by atoms with Crippen LogP contribution in [0.15, 0.2) is 17.0 Å². The van der Waals surface area contributed by atoms with Gasteiger partial charge in [-0.3, -0.25) is 9.21 Å². The minimum Gasteiger partial charge on any atom is -0.461 e. The van der Waals surface area contributed by atoms with Crippen molar-refractivity contribution in [1.82, 2.24) is 29.5 Å². The number of sulfonamides is 1. The summed E-state index contributed by atoms with van der Waals surface area (Å²) >= 11 is 1.03. The van der Waals surface area contributed by atoms with Gasteiger partial charge in [0, 0.05) is 37.7 Å². The zero-order valence-electron chi connectivity index (χ0n) is 25.7. The number of hydrogen-bond acceptors (Lipinski definition) is 12. The molecule has 4 atom stereocenters. The van der Waals surface area contributed by atoms with Crippen molar-refractivity contribution in [3.63, 3.8) is 0 Å². The summed E-state index contributed by atoms with van der Waals surface area (Å²) in [7, 11) is -4.22. The second-order valence-electron chi connectivity index (χ2n) is 13.6. The lowest BCUT2D eigenvalue weighted by Crippen LogP contribution is -2.64. The number of halogens is 2. The van der Waals surface area contributed by atoms with E-state index in [0.717, 1.165) is 37.1 Å². The van der Waals surface area contributed by atoms with Crippen LogP contribution in [0.3, 0.4) is 0 Å². The van der Waals surface area contributed by atoms with Crippen LogP contribution in [-0.2, 0) is 14.8 Å². The molecule has 250 valence electrons. The first kappa shape index (κ1) is 29.9. The number of hydrogen-bond donors (Lipinski definition) is 2. The minimum absolute atomic E-state index is 0.0285. The Labute approximate surface area is 275 Å². The zero-order valence-corrected chi connectivity index (χ0v) is 27.3. The summed E-state index contributed by atoms with van der Waals surface area (Å²) in [5, 5.41) is 3.63. The number of rotatable bonds is 6. The number of fused-ring (bicyclic) bond motifs is 5. The Balaban J connectivity index is 1.23. The maximum absolute atomic E-state index is 15.0. The van der Waals surface area contributed by atoms with Gasteiger partial charge in [0.05, 0.1) is 52.4 Å². The van der Waals surface area contributed by atoms with Crippen LogP contribution in [0.2, 0.25) is 0 Å². The predicted octanol–water partition coefficient (Wildman–Crippen LogP) is 2.99. The van der Waals surface area contributed by atoms with E-state index in [2.05, 4.69) is 20.1 Å². The fourth-order valence-corrected chi connectivity index (χ4v) is 11.1. The molecule has 2 bridgehead atoms. The Kier molecular flexibility index (Phi) is 6.95. The van der Waals surface area contributed by atoms with Crippen molar-refractivity contribution in [2.75, 3.05) is 56.6 Å². The molecule has 7 heterocycles. The number of thiazole rings is 1. The van der Waals surface area contributed by atoms with Crippen molar-refractivity contribution in [2.24, 2.45) is 0 Å². The number of nitrogens with one attached hydrogen (secondary N) is 1. The van der Waals surface area contributed by atoms with E-state index in [1.807, 2.05) is 0 Å². The maximum atomic E-state index is 15.0. The monoisotopic (exact) mass is 686 g/mol. The third-order valence-corrected chi connectivity index (χ3v) is 13.5. The fourth-order valence-electron chi connectivity index (χ4n) is 8.37. The summed E-state index contributed by atoms with van der Waals surface area (Å²) in [5.74, 6) is -0.175. The number of nitrogen functional groups attached to an aromatic ring is 1. The van der Waals surface area contributed by atoms with Crippen LogP contribution in [0.25, 0.3) is 22.0 Å². The Morgan fingerprint density at radius 3 is 2.70 bits per heavy atom. The van der Waals surface area contributed by atoms with Crippen LogP contribution in [0, 0.1) is 5.82 Å². The van der Waals surface area contributed by atoms with E-state index in [-0.39, 0.29) is 51.2 Å². The van der Waals surface area contributed by atoms with Gasteiger partial charge in [-0.1, -0.05) is 11.3 Å². The summed E-state index contributed by atoms with van der Waals surface area (Å²) in [6, 6.07) is 2.36. The molecule has 1 saturated carbocycles. The molecule has 5 fully saturated rings. The van der Waals surface area contributed by atoms with E-state index in [4.69, 9.17) is 25.2 Å². The van der Waals surface area contributed by atoms with Crippen LogP contribution in [0.1, 0.15) is 49.8 Å². The standard InChI is InChI=1S/C31H36F2N8O4S2/c32-17-10-31(7-2-8-39(31)13-17)16-45-30-36-23-9-24(21-5-6-22(33)26-25(21)37-29(34)46-26)41(18-3-1-4-18)47(42,43)27(23)28(38-30)40-19-11-35-12-20(40)15-44-14-19/h5-6,9,17-20,35H,1-4,7-8,10-16H2,(H2,34,37)/t17?,19?,20?,31-/m0/s1. The van der Waals surface area contributed by atoms with Gasteiger partial charge >= 0.3 is 6.01 Å². The summed E-state index contributed by atoms with van der Waals surface area (Å²) in [5.41, 5.74) is 6.93. The first-order valence-electron chi connectivity index (χ1n) is 16.3. The zero-order chi connectivity index (χ0) is 32.1. The number of benzene rings is 1. The summed E-state index contributed by atoms with van der Waals surface area (Å²) in [6.45, 7) is 3.46. The molecule has 0 amide bonds. The second kappa shape index (κ2) is 10.9. The number of alkyl halides is 1. The van der Waals surface area contributed by atoms with Crippen molar-refractivity contribution in [3.05, 3.63) is 29.2 Å². The third-order valence-electron chi connectivity index (χ3n) is 10.7. The van der Waals surface area contributed by atoms with Crippen molar-refractivity contribution in [1.29, 1.82) is 0 Å². The number of piperazine rings is 1. The highest BCUT2D eigenvalue weighted by Crippen LogP contribution is 2.48. The minimum atomic E-state index is -4.22. The van der Waals surface area contributed by atoms with E-state index in [9.17, 15) is 8.78 Å². The molecule has 4 saturated heterocycles. The smallest absolute Gasteiger partial charge is 0.319 e. The van der Waals surface area contributed by atoms with Gasteiger partial charge in [-0.15, -0.1) is 0 Å². The molecule has 1 aliphatic carbocycles. The second-order valence-corrected chi connectivity index (χ2v) is 16.3. The van der Waals surface area contributed by atoms with E-state index >= 15 is 8.42 Å². The highest BCUT2D eigenvalue weighted by atomic mass is 32.2. The summed E-state index contributed by atoms with van der Waals surface area (Å²) in [4.78, 5) is 18.3. The summed E-state index contributed by atoms with van der Waals surface area (Å²) < 4.78 is 73.5. The van der Waals surface area contributed by atoms with E-state index in [0.29, 0.717) is 74.7 Å². The van der Waals surface area contributed by atoms with E-state index < -0.39 is 27.6 Å². The van der Waals surface area contributed by atoms with E-state index in [1.54, 1.807) is 12.1 Å². The highest BCUT2D eigenvalue weighted by molar-refractivity contribution is 7.89. The molecule has 9 rings (SSSR count). The van der Waals surface area contributed by atoms with Crippen LogP contribution < -0.4 is 20.7 Å². The van der Waals surface area contributed by atoms with Gasteiger partial charge in [-0.2, -0.15) is 9.97 Å². The highest BCUT2D eigenvalue weighted by Gasteiger charge is 2.50. The lowest BCUT2D eigenvalue weighted by atomic mass is 9.92. The van der Waals surface area contributed by atoms with Gasteiger partial charge < -0.3 is 25.4 Å². The van der Waals surface area contributed by atoms with Gasteiger partial charge in [-0.25, -0.2) is 22.2 Å². The third kappa shape index (κ3) is 4.65. The number of anilines is 2. The van der Waals surface area contributed by atoms with Crippen molar-refractivity contribution < 1.29 is 26.7 Å². The molecule has 12 nitrogen and oxygen atoms in total. The molecule has 3 aromatic rings. The molecule has 16 heteroatoms. The molecular formula is C31H36F2N8O4S2. The van der Waals surface area contributed by atoms with Gasteiger partial charge in [-0.05, 0) is 56.9 Å². The average molecular weight is 687 g/mol. The maximum Gasteiger partial charge on any atom is 0.319 e. The van der Waals surface area contributed by atoms with Gasteiger partial charge in [0.25, 0.3) is 10.0 Å². The first-order valence-corrected chi connectivity index (χ1v) is 18.6. The van der Waals surface area contributed by atoms with Crippen LogP contribution in [0.4, 0.5) is 19.7 Å². The van der Waals surface area contributed by atoms with Gasteiger partial charge in [0.2, 0.25) is 0 Å². The molecule has 6 aliphatic rings. The summed E-state index contributed by atoms with van der Waals surface area (Å²) in [6.07, 6.45) is 5.27. The van der Waals surface area contributed by atoms with Gasteiger partial charge in [0.15, 0.2) is 15.8 Å². The van der Waals surface area contributed by atoms with Crippen molar-refractivity contribution >= 4 is 54.3 Å². The predicted molar refractivity (Wildman–Crippen MR) is 173 cm³/mol. The molecule has 1 aromatic carbocycles. The molecule has 3 N–H and O–H groups in total. The number of nitrogens with two attached hydrogens (primary N) is 1. The molecular weight excluding hydrogens is 651 g/mol. The van der Waals surface area contributed by atoms with E-state index in [1.165, 1.54) is 10.4 Å². The topological polar surface area (TPSA) is 139 Å². The lowest BCUT2D eigenvalue weighted by Gasteiger charge is -2.48. The van der Waals surface area contributed by atoms with Gasteiger partial charge in [0.1, 0.15) is 18.6 Å². The number of ether oxygens (including phenoxy) is 2. The molecule has 5 aliphatic heterocycles. The number of nitrogens with zero attached hydrogens (tertiary/aromatic N) is 6. The Hall–Kier alpha value is -3.18. The first-order chi connectivity index (χ1) is 22.7. The Morgan fingerprint density at radius 1 is 1.13 bits per heavy atom. The lowest BCUT2D eigenvalue weighted by molar-refractivity contribution is 0.0516.